The first kappa shape index (κ1) is 13.0. The third-order valence-electron chi connectivity index (χ3n) is 2.67. The number of para-hydroxylation sites is 1. The van der Waals surface area contributed by atoms with Gasteiger partial charge in [-0.05, 0) is 19.1 Å². The number of anilines is 1. The lowest BCUT2D eigenvalue weighted by Crippen LogP contribution is -2.18. The van der Waals surface area contributed by atoms with Gasteiger partial charge in [0.15, 0.2) is 0 Å². The fraction of sp³-hybridized carbons (Fsp3) is 0.143. The van der Waals surface area contributed by atoms with Crippen molar-refractivity contribution in [3.63, 3.8) is 0 Å². The Balaban J connectivity index is 2.27. The standard InChI is InChI=1S/C14H14N2O3/c1-9(17)10-5-2-3-6-11(10)16-14(19)12-7-4-8-13(18)15-12/h2-9,17H,1H3,(H,15,18)(H,16,19). The Bertz CT molecular complexity index is 647. The molecule has 0 saturated carbocycles. The average Bonchev–Trinajstić information content (AvgIpc) is 2.39. The molecule has 1 heterocycles. The van der Waals surface area contributed by atoms with Crippen LogP contribution in [0.15, 0.2) is 47.3 Å². The second kappa shape index (κ2) is 5.49. The van der Waals surface area contributed by atoms with Crippen molar-refractivity contribution in [3.8, 4) is 0 Å². The maximum absolute atomic E-state index is 12.0. The van der Waals surface area contributed by atoms with Gasteiger partial charge in [-0.3, -0.25) is 9.59 Å². The molecule has 1 unspecified atom stereocenters. The minimum atomic E-state index is -0.689. The lowest BCUT2D eigenvalue weighted by Gasteiger charge is -2.12. The van der Waals surface area contributed by atoms with Crippen molar-refractivity contribution in [2.45, 2.75) is 13.0 Å². The van der Waals surface area contributed by atoms with Crippen LogP contribution < -0.4 is 10.9 Å². The molecular formula is C14H14N2O3. The van der Waals surface area contributed by atoms with Gasteiger partial charge in [-0.15, -0.1) is 0 Å². The van der Waals surface area contributed by atoms with Crippen LogP contribution in [0.1, 0.15) is 29.1 Å². The predicted molar refractivity (Wildman–Crippen MR) is 72.1 cm³/mol. The van der Waals surface area contributed by atoms with Crippen LogP contribution in [0, 0.1) is 0 Å². The van der Waals surface area contributed by atoms with Gasteiger partial charge in [0, 0.05) is 17.3 Å². The smallest absolute Gasteiger partial charge is 0.272 e. The molecule has 1 aromatic heterocycles. The lowest BCUT2D eigenvalue weighted by atomic mass is 10.1. The van der Waals surface area contributed by atoms with Crippen LogP contribution in [0.25, 0.3) is 0 Å². The molecular weight excluding hydrogens is 244 g/mol. The first-order chi connectivity index (χ1) is 9.08. The van der Waals surface area contributed by atoms with Crippen molar-refractivity contribution in [2.75, 3.05) is 5.32 Å². The lowest BCUT2D eigenvalue weighted by molar-refractivity contribution is 0.102. The molecule has 19 heavy (non-hydrogen) atoms. The van der Waals surface area contributed by atoms with Crippen molar-refractivity contribution in [1.29, 1.82) is 0 Å². The SMILES string of the molecule is CC(O)c1ccccc1NC(=O)c1cccc(=O)[nH]1. The summed E-state index contributed by atoms with van der Waals surface area (Å²) in [5.74, 6) is -0.425. The number of amides is 1. The highest BCUT2D eigenvalue weighted by Gasteiger charge is 2.11. The van der Waals surface area contributed by atoms with E-state index in [9.17, 15) is 14.7 Å². The van der Waals surface area contributed by atoms with Gasteiger partial charge in [-0.1, -0.05) is 24.3 Å². The van der Waals surface area contributed by atoms with Crippen LogP contribution in [0.2, 0.25) is 0 Å². The Hall–Kier alpha value is -2.40. The number of H-pyrrole nitrogens is 1. The van der Waals surface area contributed by atoms with Crippen molar-refractivity contribution < 1.29 is 9.90 Å². The fourth-order valence-corrected chi connectivity index (χ4v) is 1.75. The van der Waals surface area contributed by atoms with Crippen LogP contribution >= 0.6 is 0 Å². The quantitative estimate of drug-likeness (QED) is 0.783. The maximum atomic E-state index is 12.0. The number of carbonyl (C=O) groups excluding carboxylic acids is 1. The molecule has 98 valence electrons. The molecule has 0 fully saturated rings. The van der Waals surface area contributed by atoms with Crippen LogP contribution in [-0.4, -0.2) is 16.0 Å². The zero-order valence-electron chi connectivity index (χ0n) is 10.4. The summed E-state index contributed by atoms with van der Waals surface area (Å²) in [4.78, 5) is 25.6. The topological polar surface area (TPSA) is 82.2 Å². The van der Waals surface area contributed by atoms with Crippen molar-refractivity contribution >= 4 is 11.6 Å². The number of benzene rings is 1. The number of aliphatic hydroxyl groups is 1. The van der Waals surface area contributed by atoms with Gasteiger partial charge in [-0.25, -0.2) is 0 Å². The minimum absolute atomic E-state index is 0.174. The van der Waals surface area contributed by atoms with E-state index in [1.54, 1.807) is 31.2 Å². The van der Waals surface area contributed by atoms with E-state index in [1.165, 1.54) is 18.2 Å². The molecule has 0 aliphatic carbocycles. The fourth-order valence-electron chi connectivity index (χ4n) is 1.75. The molecule has 0 saturated heterocycles. The van der Waals surface area contributed by atoms with Crippen LogP contribution in [-0.2, 0) is 0 Å². The Kier molecular flexibility index (Phi) is 3.77. The number of rotatable bonds is 3. The van der Waals surface area contributed by atoms with E-state index in [0.717, 1.165) is 0 Å². The Morgan fingerprint density at radius 1 is 1.21 bits per heavy atom. The average molecular weight is 258 g/mol. The van der Waals surface area contributed by atoms with E-state index >= 15 is 0 Å². The highest BCUT2D eigenvalue weighted by Crippen LogP contribution is 2.22. The summed E-state index contributed by atoms with van der Waals surface area (Å²) in [6.45, 7) is 1.62. The number of pyridine rings is 1. The predicted octanol–water partition coefficient (Wildman–Crippen LogP) is 1.68. The highest BCUT2D eigenvalue weighted by atomic mass is 16.3. The summed E-state index contributed by atoms with van der Waals surface area (Å²) >= 11 is 0. The molecule has 0 radical (unpaired) electrons. The van der Waals surface area contributed by atoms with Gasteiger partial charge >= 0.3 is 0 Å². The zero-order chi connectivity index (χ0) is 13.8. The summed E-state index contributed by atoms with van der Waals surface area (Å²) in [5.41, 5.74) is 0.977. The monoisotopic (exact) mass is 258 g/mol. The van der Waals surface area contributed by atoms with Gasteiger partial charge in [0.25, 0.3) is 5.91 Å². The van der Waals surface area contributed by atoms with Crippen molar-refractivity contribution in [2.24, 2.45) is 0 Å². The van der Waals surface area contributed by atoms with Gasteiger partial charge in [0.2, 0.25) is 5.56 Å². The summed E-state index contributed by atoms with van der Waals surface area (Å²) < 4.78 is 0. The molecule has 5 nitrogen and oxygen atoms in total. The van der Waals surface area contributed by atoms with Crippen molar-refractivity contribution in [3.05, 3.63) is 64.1 Å². The summed E-state index contributed by atoms with van der Waals surface area (Å²) in [6.07, 6.45) is -0.689. The normalized spacial score (nSPS) is 11.9. The largest absolute Gasteiger partial charge is 0.389 e. The van der Waals surface area contributed by atoms with Gasteiger partial charge in [-0.2, -0.15) is 0 Å². The molecule has 0 aliphatic rings. The zero-order valence-corrected chi connectivity index (χ0v) is 10.4. The Morgan fingerprint density at radius 3 is 2.63 bits per heavy atom. The summed E-state index contributed by atoms with van der Waals surface area (Å²) in [7, 11) is 0. The number of hydrogen-bond acceptors (Lipinski definition) is 3. The molecule has 5 heteroatoms. The number of hydrogen-bond donors (Lipinski definition) is 3. The second-order valence-electron chi connectivity index (χ2n) is 4.15. The summed E-state index contributed by atoms with van der Waals surface area (Å²) in [5, 5.41) is 12.3. The molecule has 0 bridgehead atoms. The second-order valence-corrected chi connectivity index (χ2v) is 4.15. The number of aromatic amines is 1. The molecule has 0 aliphatic heterocycles. The van der Waals surface area contributed by atoms with E-state index in [2.05, 4.69) is 10.3 Å². The first-order valence-electron chi connectivity index (χ1n) is 5.85. The van der Waals surface area contributed by atoms with Gasteiger partial charge in [0.05, 0.1) is 6.10 Å². The molecule has 3 N–H and O–H groups in total. The van der Waals surface area contributed by atoms with Crippen LogP contribution in [0.5, 0.6) is 0 Å². The number of aliphatic hydroxyl groups excluding tert-OH is 1. The number of nitrogens with one attached hydrogen (secondary N) is 2. The van der Waals surface area contributed by atoms with Gasteiger partial charge in [0.1, 0.15) is 5.69 Å². The number of carbonyl (C=O) groups is 1. The van der Waals surface area contributed by atoms with Crippen molar-refractivity contribution in [1.82, 2.24) is 4.98 Å². The first-order valence-corrected chi connectivity index (χ1v) is 5.85. The van der Waals surface area contributed by atoms with Crippen LogP contribution in [0.3, 0.4) is 0 Å². The molecule has 1 amide bonds. The summed E-state index contributed by atoms with van der Waals surface area (Å²) in [6, 6.07) is 11.3. The van der Waals surface area contributed by atoms with Crippen LogP contribution in [0.4, 0.5) is 5.69 Å². The van der Waals surface area contributed by atoms with E-state index in [1.807, 2.05) is 0 Å². The third-order valence-corrected chi connectivity index (χ3v) is 2.67. The maximum Gasteiger partial charge on any atom is 0.272 e. The third kappa shape index (κ3) is 3.08. The van der Waals surface area contributed by atoms with E-state index in [4.69, 9.17) is 0 Å². The highest BCUT2D eigenvalue weighted by molar-refractivity contribution is 6.03. The molecule has 2 rings (SSSR count). The molecule has 1 atom stereocenters. The molecule has 0 spiro atoms. The Labute approximate surface area is 109 Å². The van der Waals surface area contributed by atoms with E-state index in [0.29, 0.717) is 11.3 Å². The number of aromatic nitrogens is 1. The minimum Gasteiger partial charge on any atom is -0.389 e. The van der Waals surface area contributed by atoms with E-state index in [-0.39, 0.29) is 11.3 Å². The molecule has 2 aromatic rings. The van der Waals surface area contributed by atoms with Gasteiger partial charge < -0.3 is 15.4 Å². The Morgan fingerprint density at radius 2 is 1.95 bits per heavy atom. The molecule has 1 aromatic carbocycles. The van der Waals surface area contributed by atoms with E-state index < -0.39 is 12.0 Å².